The second-order valence-electron chi connectivity index (χ2n) is 5.29. The van der Waals surface area contributed by atoms with Crippen molar-refractivity contribution in [3.8, 4) is 0 Å². The number of hydrogen-bond donors (Lipinski definition) is 4. The van der Waals surface area contributed by atoms with Crippen molar-refractivity contribution in [2.24, 2.45) is 5.41 Å². The average molecular weight is 220 g/mol. The van der Waals surface area contributed by atoms with Crippen LogP contribution in [0, 0.1) is 5.41 Å². The zero-order valence-electron chi connectivity index (χ0n) is 10.0. The molecule has 0 spiro atoms. The summed E-state index contributed by atoms with van der Waals surface area (Å²) in [6.07, 6.45) is -3.86. The molecule has 0 heterocycles. The van der Waals surface area contributed by atoms with E-state index in [1.807, 2.05) is 20.8 Å². The summed E-state index contributed by atoms with van der Waals surface area (Å²) < 4.78 is 0. The monoisotopic (exact) mass is 220 g/mol. The van der Waals surface area contributed by atoms with Gasteiger partial charge in [-0.25, -0.2) is 0 Å². The fourth-order valence-corrected chi connectivity index (χ4v) is 1.44. The molecule has 0 aliphatic rings. The summed E-state index contributed by atoms with van der Waals surface area (Å²) in [6, 6.07) is 0. The smallest absolute Gasteiger partial charge is 0.108 e. The molecule has 0 aromatic rings. The first-order chi connectivity index (χ1) is 6.69. The molecule has 4 nitrogen and oxygen atoms in total. The van der Waals surface area contributed by atoms with Crippen LogP contribution < -0.4 is 0 Å². The van der Waals surface area contributed by atoms with Crippen LogP contribution in [0.15, 0.2) is 0 Å². The molecule has 0 aromatic heterocycles. The Morgan fingerprint density at radius 3 is 1.60 bits per heavy atom. The molecule has 4 atom stereocenters. The van der Waals surface area contributed by atoms with E-state index >= 15 is 0 Å². The van der Waals surface area contributed by atoms with E-state index in [1.165, 1.54) is 0 Å². The van der Waals surface area contributed by atoms with Crippen LogP contribution in [0.4, 0.5) is 0 Å². The zero-order valence-corrected chi connectivity index (χ0v) is 10.0. The highest BCUT2D eigenvalue weighted by atomic mass is 16.4. The third-order valence-electron chi connectivity index (χ3n) is 2.38. The summed E-state index contributed by atoms with van der Waals surface area (Å²) in [5.74, 6) is 0. The fraction of sp³-hybridized carbons (Fsp3) is 1.00. The highest BCUT2D eigenvalue weighted by Gasteiger charge is 2.31. The molecule has 15 heavy (non-hydrogen) atoms. The van der Waals surface area contributed by atoms with Crippen LogP contribution in [-0.2, 0) is 0 Å². The zero-order chi connectivity index (χ0) is 12.2. The van der Waals surface area contributed by atoms with Gasteiger partial charge in [0.05, 0.1) is 12.2 Å². The summed E-state index contributed by atoms with van der Waals surface area (Å²) in [5.41, 5.74) is -0.128. The molecule has 4 heteroatoms. The first-order valence-corrected chi connectivity index (χ1v) is 5.41. The topological polar surface area (TPSA) is 80.9 Å². The van der Waals surface area contributed by atoms with Crippen molar-refractivity contribution in [1.29, 1.82) is 0 Å². The van der Waals surface area contributed by atoms with E-state index in [1.54, 1.807) is 6.92 Å². The van der Waals surface area contributed by atoms with Crippen LogP contribution in [0.3, 0.4) is 0 Å². The number of hydrogen-bond acceptors (Lipinski definition) is 4. The summed E-state index contributed by atoms with van der Waals surface area (Å²) in [4.78, 5) is 0. The molecule has 0 saturated carbocycles. The Hall–Kier alpha value is -0.160. The normalized spacial score (nSPS) is 20.8. The van der Waals surface area contributed by atoms with Crippen LogP contribution in [-0.4, -0.2) is 44.8 Å². The maximum absolute atomic E-state index is 9.65. The molecule has 92 valence electrons. The lowest BCUT2D eigenvalue weighted by molar-refractivity contribution is -0.112. The van der Waals surface area contributed by atoms with Gasteiger partial charge in [-0.3, -0.25) is 0 Å². The first-order valence-electron chi connectivity index (χ1n) is 5.41. The lowest BCUT2D eigenvalue weighted by Gasteiger charge is -2.30. The highest BCUT2D eigenvalue weighted by molar-refractivity contribution is 4.82. The van der Waals surface area contributed by atoms with Gasteiger partial charge >= 0.3 is 0 Å². The number of aliphatic hydroxyl groups is 4. The Kier molecular flexibility index (Phi) is 5.73. The standard InChI is InChI=1S/C11H24O4/c1-5-7(12)9(14)10(15)8(13)6-11(2,3)4/h7-10,12-15H,5-6H2,1-4H3. The van der Waals surface area contributed by atoms with E-state index in [-0.39, 0.29) is 5.41 Å². The van der Waals surface area contributed by atoms with Gasteiger partial charge in [0.25, 0.3) is 0 Å². The molecule has 0 aromatic carbocycles. The molecule has 0 saturated heterocycles. The van der Waals surface area contributed by atoms with E-state index in [0.29, 0.717) is 12.8 Å². The van der Waals surface area contributed by atoms with Crippen LogP contribution >= 0.6 is 0 Å². The first kappa shape index (κ1) is 14.8. The lowest BCUT2D eigenvalue weighted by Crippen LogP contribution is -2.45. The average Bonchev–Trinajstić information content (AvgIpc) is 2.11. The van der Waals surface area contributed by atoms with E-state index < -0.39 is 24.4 Å². The Balaban J connectivity index is 4.25. The van der Waals surface area contributed by atoms with E-state index in [4.69, 9.17) is 0 Å². The minimum Gasteiger partial charge on any atom is -0.390 e. The molecule has 0 fully saturated rings. The number of aliphatic hydroxyl groups excluding tert-OH is 4. The predicted molar refractivity (Wildman–Crippen MR) is 58.4 cm³/mol. The minimum atomic E-state index is -1.29. The van der Waals surface area contributed by atoms with Crippen molar-refractivity contribution >= 4 is 0 Å². The molecular formula is C11H24O4. The van der Waals surface area contributed by atoms with Crippen molar-refractivity contribution in [3.05, 3.63) is 0 Å². The van der Waals surface area contributed by atoms with Gasteiger partial charge in [0.15, 0.2) is 0 Å². The molecule has 0 aliphatic carbocycles. The third kappa shape index (κ3) is 5.47. The summed E-state index contributed by atoms with van der Waals surface area (Å²) in [7, 11) is 0. The van der Waals surface area contributed by atoms with E-state index in [9.17, 15) is 20.4 Å². The van der Waals surface area contributed by atoms with Crippen LogP contribution in [0.25, 0.3) is 0 Å². The van der Waals surface area contributed by atoms with Crippen molar-refractivity contribution in [2.45, 2.75) is 65.0 Å². The summed E-state index contributed by atoms with van der Waals surface area (Å²) in [5, 5.41) is 38.1. The largest absolute Gasteiger partial charge is 0.390 e. The van der Waals surface area contributed by atoms with E-state index in [2.05, 4.69) is 0 Å². The maximum atomic E-state index is 9.65. The van der Waals surface area contributed by atoms with Crippen LogP contribution in [0.2, 0.25) is 0 Å². The molecule has 4 N–H and O–H groups in total. The minimum absolute atomic E-state index is 0.128. The van der Waals surface area contributed by atoms with Crippen molar-refractivity contribution in [2.75, 3.05) is 0 Å². The Morgan fingerprint density at radius 1 is 0.867 bits per heavy atom. The molecule has 0 bridgehead atoms. The Morgan fingerprint density at radius 2 is 1.27 bits per heavy atom. The Labute approximate surface area is 91.6 Å². The fourth-order valence-electron chi connectivity index (χ4n) is 1.44. The van der Waals surface area contributed by atoms with Gasteiger partial charge in [-0.2, -0.15) is 0 Å². The second-order valence-corrected chi connectivity index (χ2v) is 5.29. The maximum Gasteiger partial charge on any atom is 0.108 e. The summed E-state index contributed by atoms with van der Waals surface area (Å²) >= 11 is 0. The van der Waals surface area contributed by atoms with Gasteiger partial charge in [-0.1, -0.05) is 27.7 Å². The number of rotatable bonds is 5. The summed E-state index contributed by atoms with van der Waals surface area (Å²) in [6.45, 7) is 7.51. The van der Waals surface area contributed by atoms with Crippen molar-refractivity contribution in [3.63, 3.8) is 0 Å². The van der Waals surface area contributed by atoms with Crippen molar-refractivity contribution in [1.82, 2.24) is 0 Å². The van der Waals surface area contributed by atoms with Gasteiger partial charge in [-0.15, -0.1) is 0 Å². The second kappa shape index (κ2) is 5.80. The van der Waals surface area contributed by atoms with Gasteiger partial charge in [-0.05, 0) is 18.3 Å². The highest BCUT2D eigenvalue weighted by Crippen LogP contribution is 2.23. The molecule has 0 amide bonds. The molecule has 0 radical (unpaired) electrons. The van der Waals surface area contributed by atoms with Crippen LogP contribution in [0.5, 0.6) is 0 Å². The molecule has 0 aliphatic heterocycles. The van der Waals surface area contributed by atoms with Crippen LogP contribution in [0.1, 0.15) is 40.5 Å². The molecular weight excluding hydrogens is 196 g/mol. The SMILES string of the molecule is CCC(O)C(O)C(O)C(O)CC(C)(C)C. The van der Waals surface area contributed by atoms with Gasteiger partial charge in [0, 0.05) is 0 Å². The van der Waals surface area contributed by atoms with Gasteiger partial charge in [0.2, 0.25) is 0 Å². The molecule has 4 unspecified atom stereocenters. The molecule has 0 rings (SSSR count). The Bertz CT molecular complexity index is 176. The lowest BCUT2D eigenvalue weighted by atomic mass is 9.85. The third-order valence-corrected chi connectivity index (χ3v) is 2.38. The quantitative estimate of drug-likeness (QED) is 0.536. The van der Waals surface area contributed by atoms with Gasteiger partial charge < -0.3 is 20.4 Å². The van der Waals surface area contributed by atoms with Gasteiger partial charge in [0.1, 0.15) is 12.2 Å². The predicted octanol–water partition coefficient (Wildman–Crippen LogP) is 0.276. The van der Waals surface area contributed by atoms with E-state index in [0.717, 1.165) is 0 Å². The van der Waals surface area contributed by atoms with Crippen molar-refractivity contribution < 1.29 is 20.4 Å².